The second-order valence-corrected chi connectivity index (χ2v) is 46.9. The van der Waals surface area contributed by atoms with E-state index in [1.165, 1.54) is 239 Å². The van der Waals surface area contributed by atoms with E-state index in [1.807, 2.05) is 46.2 Å². The normalized spacial score (nSPS) is 14.2. The van der Waals surface area contributed by atoms with Gasteiger partial charge in [0.1, 0.15) is 0 Å². The van der Waals surface area contributed by atoms with Crippen molar-refractivity contribution in [2.75, 3.05) is 19.6 Å². The van der Waals surface area contributed by atoms with Gasteiger partial charge in [-0.15, -0.1) is 0 Å². The van der Waals surface area contributed by atoms with E-state index in [-0.39, 0.29) is 68.8 Å². The van der Waals surface area contributed by atoms with Crippen molar-refractivity contribution < 1.29 is 0 Å². The molecule has 0 spiro atoms. The monoisotopic (exact) mass is 1870 g/mol. The molecule has 0 N–H and O–H groups in total. The fourth-order valence-electron chi connectivity index (χ4n) is 19.8. The van der Waals surface area contributed by atoms with Gasteiger partial charge < -0.3 is 0 Å². The molecule has 4 aliphatic heterocycles. The number of rotatable bonds is 6. The van der Waals surface area contributed by atoms with Gasteiger partial charge in [-0.1, -0.05) is 0 Å². The molecule has 26 rings (SSSR count). The molecule has 0 fully saturated rings. The quantitative estimate of drug-likeness (QED) is 0.153. The van der Waals surface area contributed by atoms with Crippen LogP contribution >= 0.6 is 46.2 Å². The number of para-hydroxylation sites is 4. The molecule has 4 aliphatic rings. The first-order chi connectivity index (χ1) is 58.8. The van der Waals surface area contributed by atoms with Crippen molar-refractivity contribution in [1.82, 2.24) is 0 Å². The predicted octanol–water partition coefficient (Wildman–Crippen LogP) is 31.3. The van der Waals surface area contributed by atoms with E-state index in [0.29, 0.717) is 0 Å². The first-order valence-corrected chi connectivity index (χ1v) is 50.9. The van der Waals surface area contributed by atoms with Crippen molar-refractivity contribution in [3.8, 4) is 20.9 Å². The molecule has 0 unspecified atom stereocenters. The van der Waals surface area contributed by atoms with Gasteiger partial charge in [0.25, 0.3) is 0 Å². The van der Waals surface area contributed by atoms with Gasteiger partial charge in [-0.3, -0.25) is 0 Å². The van der Waals surface area contributed by atoms with Crippen LogP contribution in [0.1, 0.15) is 59.7 Å². The Morgan fingerprint density at radius 2 is 0.592 bits per heavy atom. The van der Waals surface area contributed by atoms with Gasteiger partial charge in [0.2, 0.25) is 0 Å². The molecule has 0 bridgehead atoms. The van der Waals surface area contributed by atoms with Crippen molar-refractivity contribution in [2.45, 2.75) is 72.0 Å². The van der Waals surface area contributed by atoms with Crippen LogP contribution in [0.15, 0.2) is 347 Å². The van der Waals surface area contributed by atoms with Crippen LogP contribution in [0.3, 0.4) is 0 Å². The SMILES string of the molecule is Cc1ccc(-c2cc3cc(N4c5ccccc5C(C)(C)c5cc6c(cc54)[se]c4ccccc46)cc(-c4ccc(C)s4)c3cc2N2c3ccccc3C(C)(C)c3cc4c(cc32)[se]c2ccccc24)s1.c1ccc2c(c1)Sc1cc3c(cc1N2c1cccc2c(N4c5ccccc5Sc5cc6c(cc54)[se]c4ccccc46)cccc12)[se]c1ccccc13. The first kappa shape index (κ1) is 72.3. The van der Waals surface area contributed by atoms with E-state index < -0.39 is 0 Å². The molecule has 0 saturated carbocycles. The molecule has 22 aromatic rings. The van der Waals surface area contributed by atoms with Crippen LogP contribution in [0.2, 0.25) is 0 Å². The van der Waals surface area contributed by atoms with Crippen LogP contribution in [-0.2, 0) is 10.8 Å². The molecule has 0 amide bonds. The van der Waals surface area contributed by atoms with Gasteiger partial charge in [-0.2, -0.15) is 0 Å². The summed E-state index contributed by atoms with van der Waals surface area (Å²) in [6.07, 6.45) is 0. The van der Waals surface area contributed by atoms with Gasteiger partial charge in [-0.05, 0) is 0 Å². The Hall–Kier alpha value is -10.6. The second-order valence-electron chi connectivity index (χ2n) is 33.1. The minimum atomic E-state index is -0.202. The molecule has 572 valence electrons. The Morgan fingerprint density at radius 3 is 1.05 bits per heavy atom. The third-order valence-corrected chi connectivity index (χ3v) is 39.2. The zero-order valence-corrected chi connectivity index (χ0v) is 76.4. The van der Waals surface area contributed by atoms with Gasteiger partial charge in [-0.25, -0.2) is 0 Å². The van der Waals surface area contributed by atoms with Crippen LogP contribution in [0.4, 0.5) is 68.2 Å². The maximum atomic E-state index is 2.63. The summed E-state index contributed by atoms with van der Waals surface area (Å²) < 4.78 is 11.8. The number of hydrogen-bond donors (Lipinski definition) is 0. The summed E-state index contributed by atoms with van der Waals surface area (Å²) in [6, 6.07) is 125. The molecule has 16 aromatic carbocycles. The molecule has 10 heterocycles. The van der Waals surface area contributed by atoms with Crippen molar-refractivity contribution in [3.05, 3.63) is 360 Å². The summed E-state index contributed by atoms with van der Waals surface area (Å²) in [5.41, 5.74) is 22.6. The van der Waals surface area contributed by atoms with Gasteiger partial charge in [0, 0.05) is 0 Å². The summed E-state index contributed by atoms with van der Waals surface area (Å²) in [5.74, 6) is 0. The van der Waals surface area contributed by atoms with E-state index in [0.717, 1.165) is 0 Å². The fourth-order valence-corrected chi connectivity index (χ4v) is 33.1. The molecule has 4 nitrogen and oxygen atoms in total. The Labute approximate surface area is 735 Å². The molecule has 0 atom stereocenters. The maximum absolute atomic E-state index is 2.63. The number of aryl methyl sites for hydroxylation is 2. The van der Waals surface area contributed by atoms with E-state index in [9.17, 15) is 0 Å². The zero-order chi connectivity index (χ0) is 79.7. The molecule has 120 heavy (non-hydrogen) atoms. The summed E-state index contributed by atoms with van der Waals surface area (Å²) in [5, 5.41) is 16.2. The summed E-state index contributed by atoms with van der Waals surface area (Å²) in [4.78, 5) is 20.7. The Bertz CT molecular complexity index is 7960. The average Bonchev–Trinajstić information content (AvgIpc) is 0.968. The van der Waals surface area contributed by atoms with E-state index >= 15 is 0 Å². The van der Waals surface area contributed by atoms with Gasteiger partial charge >= 0.3 is 743 Å². The number of fused-ring (bicyclic) bond motifs is 22. The molecule has 6 aromatic heterocycles. The number of hydrogen-bond acceptors (Lipinski definition) is 8. The average molecular weight is 1870 g/mol. The van der Waals surface area contributed by atoms with Crippen LogP contribution < -0.4 is 19.6 Å². The van der Waals surface area contributed by atoms with E-state index in [4.69, 9.17) is 0 Å². The van der Waals surface area contributed by atoms with Gasteiger partial charge in [0.15, 0.2) is 0 Å². The van der Waals surface area contributed by atoms with Crippen LogP contribution in [-0.4, -0.2) is 58.0 Å². The number of anilines is 12. The van der Waals surface area contributed by atoms with E-state index in [1.54, 1.807) is 0 Å². The van der Waals surface area contributed by atoms with Crippen LogP contribution in [0.5, 0.6) is 0 Å². The molecule has 12 heteroatoms. The molecule has 0 saturated heterocycles. The predicted molar refractivity (Wildman–Crippen MR) is 523 cm³/mol. The van der Waals surface area contributed by atoms with Crippen LogP contribution in [0.25, 0.3) is 120 Å². The van der Waals surface area contributed by atoms with Crippen molar-refractivity contribution in [3.63, 3.8) is 0 Å². The Kier molecular flexibility index (Phi) is 16.5. The van der Waals surface area contributed by atoms with Crippen molar-refractivity contribution in [1.29, 1.82) is 0 Å². The Morgan fingerprint density at radius 1 is 0.225 bits per heavy atom. The third-order valence-electron chi connectivity index (χ3n) is 25.4. The van der Waals surface area contributed by atoms with Crippen molar-refractivity contribution in [2.24, 2.45) is 0 Å². The summed E-state index contributed by atoms with van der Waals surface area (Å²) in [6.45, 7) is 14.2. The van der Waals surface area contributed by atoms with Crippen LogP contribution in [0, 0.1) is 13.8 Å². The minimum absolute atomic E-state index is 0.189. The number of nitrogens with zero attached hydrogens (tertiary/aromatic N) is 4. The molecule has 0 radical (unpaired) electrons. The molecular formula is C108H72N4S4Se4. The third kappa shape index (κ3) is 11.1. The van der Waals surface area contributed by atoms with E-state index in [2.05, 4.69) is 389 Å². The van der Waals surface area contributed by atoms with Gasteiger partial charge in [0.05, 0.1) is 0 Å². The topological polar surface area (TPSA) is 13.0 Å². The second kappa shape index (κ2) is 27.5. The first-order valence-electron chi connectivity index (χ1n) is 40.8. The molecular weight excluding hydrogens is 1800 g/mol. The summed E-state index contributed by atoms with van der Waals surface area (Å²) >= 11 is 8.64. The molecule has 0 aliphatic carbocycles. The standard InChI is InChI=1S/C62H46N2S2Se2.C46H26N2S2Se2/c1-35-23-25-55(65-35)42-29-38(63-50-19-11-9-17-46(50)61(3,4)48-30-43-39-15-7-13-21-57(39)67-59(43)33-53(48)63)27-37-28-45(56-26-24-36(2)66-56)52(32-41(37)42)64-51-20-12-10-18-47(51)62(5,6)49-31-44-40-16-8-14-22-58(40)68-60(44)34-54(49)64;1-7-21-43-29(11-1)31-23-41-37(25-45(31)51-43)47(35-15-3-5-19-39(35)49-41)33-17-9-14-28-27(33)13-10-18-34(28)48-36-16-4-6-20-40(36)50-42-24-32-30-12-2-8-22-44(30)52-46(32)26-38(42)48/h7-34H,1-6H3;1-26H. The number of benzene rings is 16. The fraction of sp³-hybridized carbons (Fsp3) is 0.0741. The number of thiophene rings is 2. The summed E-state index contributed by atoms with van der Waals surface area (Å²) in [7, 11) is 0. The zero-order valence-electron chi connectivity index (χ0n) is 66.2. The Balaban J connectivity index is 0.000000138. The van der Waals surface area contributed by atoms with Crippen molar-refractivity contribution >= 4 is 271 Å².